The summed E-state index contributed by atoms with van der Waals surface area (Å²) in [6.07, 6.45) is 4.28. The van der Waals surface area contributed by atoms with Gasteiger partial charge >= 0.3 is 0 Å². The van der Waals surface area contributed by atoms with E-state index in [0.29, 0.717) is 9.46 Å². The highest BCUT2D eigenvalue weighted by molar-refractivity contribution is 14.1. The summed E-state index contributed by atoms with van der Waals surface area (Å²) in [5.74, 6) is 0. The van der Waals surface area contributed by atoms with E-state index in [-0.39, 0.29) is 0 Å². The fraction of sp³-hybridized carbons (Fsp3) is 1.00. The van der Waals surface area contributed by atoms with Gasteiger partial charge in [-0.3, -0.25) is 0 Å². The molecular formula is C10H20IN. The van der Waals surface area contributed by atoms with Crippen molar-refractivity contribution in [3.8, 4) is 0 Å². The first-order valence-corrected chi connectivity index (χ1v) is 6.08. The number of hydrogen-bond acceptors (Lipinski definition) is 1. The normalized spacial score (nSPS) is 20.5. The number of rotatable bonds is 5. The summed E-state index contributed by atoms with van der Waals surface area (Å²) in [5, 5.41) is 0. The van der Waals surface area contributed by atoms with E-state index in [1.807, 2.05) is 0 Å². The van der Waals surface area contributed by atoms with Crippen LogP contribution in [0.5, 0.6) is 0 Å². The Morgan fingerprint density at radius 2 is 2.00 bits per heavy atom. The van der Waals surface area contributed by atoms with Crippen molar-refractivity contribution in [1.29, 1.82) is 0 Å². The summed E-state index contributed by atoms with van der Waals surface area (Å²) in [5.41, 5.74) is 0. The molecule has 2 heteroatoms. The third-order valence-electron chi connectivity index (χ3n) is 2.78. The molecule has 0 aromatic carbocycles. The monoisotopic (exact) mass is 281 g/mol. The lowest BCUT2D eigenvalue weighted by Crippen LogP contribution is -2.32. The Kier molecular flexibility index (Phi) is 3.83. The van der Waals surface area contributed by atoms with Crippen molar-refractivity contribution in [3.05, 3.63) is 0 Å². The Hall–Kier alpha value is 0.690. The minimum absolute atomic E-state index is 0.695. The van der Waals surface area contributed by atoms with Gasteiger partial charge in [0.1, 0.15) is 0 Å². The third-order valence-corrected chi connectivity index (χ3v) is 4.39. The predicted octanol–water partition coefficient (Wildman–Crippen LogP) is 3.07. The number of halogens is 1. The molecule has 0 spiro atoms. The molecule has 0 atom stereocenters. The minimum Gasteiger partial charge on any atom is -0.301 e. The summed E-state index contributed by atoms with van der Waals surface area (Å²) in [6.45, 7) is 9.32. The molecule has 0 aromatic heterocycles. The molecule has 72 valence electrons. The lowest BCUT2D eigenvalue weighted by Gasteiger charge is -2.25. The van der Waals surface area contributed by atoms with Crippen LogP contribution in [-0.4, -0.2) is 27.5 Å². The number of hydrogen-bond donors (Lipinski definition) is 0. The van der Waals surface area contributed by atoms with Crippen LogP contribution in [0, 0.1) is 0 Å². The SMILES string of the molecule is CCN(CCC1(I)CC1)C(C)C. The van der Waals surface area contributed by atoms with Gasteiger partial charge in [-0.15, -0.1) is 0 Å². The fourth-order valence-corrected chi connectivity index (χ4v) is 2.02. The summed E-state index contributed by atoms with van der Waals surface area (Å²) in [4.78, 5) is 2.55. The lowest BCUT2D eigenvalue weighted by molar-refractivity contribution is 0.230. The summed E-state index contributed by atoms with van der Waals surface area (Å²) >= 11 is 2.63. The Balaban J connectivity index is 2.19. The molecule has 0 N–H and O–H groups in total. The predicted molar refractivity (Wildman–Crippen MR) is 63.0 cm³/mol. The van der Waals surface area contributed by atoms with Crippen LogP contribution in [0.25, 0.3) is 0 Å². The van der Waals surface area contributed by atoms with Gasteiger partial charge in [-0.25, -0.2) is 0 Å². The molecule has 0 amide bonds. The van der Waals surface area contributed by atoms with E-state index >= 15 is 0 Å². The molecule has 12 heavy (non-hydrogen) atoms. The van der Waals surface area contributed by atoms with Gasteiger partial charge in [-0.05, 0) is 46.2 Å². The van der Waals surface area contributed by atoms with Crippen molar-refractivity contribution in [2.75, 3.05) is 13.1 Å². The van der Waals surface area contributed by atoms with Crippen LogP contribution in [0.4, 0.5) is 0 Å². The van der Waals surface area contributed by atoms with Gasteiger partial charge in [0.05, 0.1) is 0 Å². The van der Waals surface area contributed by atoms with Crippen LogP contribution in [0.15, 0.2) is 0 Å². The summed E-state index contributed by atoms with van der Waals surface area (Å²) in [7, 11) is 0. The van der Waals surface area contributed by atoms with Gasteiger partial charge in [0, 0.05) is 9.46 Å². The molecular weight excluding hydrogens is 261 g/mol. The molecule has 1 aliphatic carbocycles. The Morgan fingerprint density at radius 1 is 1.42 bits per heavy atom. The summed E-state index contributed by atoms with van der Waals surface area (Å²) in [6, 6.07) is 0.716. The fourth-order valence-electron chi connectivity index (χ4n) is 1.51. The number of alkyl halides is 1. The molecule has 0 saturated heterocycles. The van der Waals surface area contributed by atoms with Gasteiger partial charge in [-0.1, -0.05) is 29.5 Å². The first-order valence-electron chi connectivity index (χ1n) is 5.00. The van der Waals surface area contributed by atoms with Crippen LogP contribution in [0.2, 0.25) is 0 Å². The topological polar surface area (TPSA) is 3.24 Å². The largest absolute Gasteiger partial charge is 0.301 e. The Bertz CT molecular complexity index is 141. The zero-order chi connectivity index (χ0) is 9.19. The van der Waals surface area contributed by atoms with Gasteiger partial charge in [-0.2, -0.15) is 0 Å². The highest BCUT2D eigenvalue weighted by Crippen LogP contribution is 2.47. The molecule has 0 aromatic rings. The van der Waals surface area contributed by atoms with Crippen LogP contribution < -0.4 is 0 Å². The second-order valence-corrected chi connectivity index (χ2v) is 6.41. The highest BCUT2D eigenvalue weighted by atomic mass is 127. The molecule has 1 nitrogen and oxygen atoms in total. The summed E-state index contributed by atoms with van der Waals surface area (Å²) < 4.78 is 0.695. The zero-order valence-electron chi connectivity index (χ0n) is 8.44. The second-order valence-electron chi connectivity index (χ2n) is 4.12. The molecule has 0 aliphatic heterocycles. The van der Waals surface area contributed by atoms with Crippen molar-refractivity contribution in [2.45, 2.75) is 49.5 Å². The van der Waals surface area contributed by atoms with E-state index in [1.54, 1.807) is 0 Å². The lowest BCUT2D eigenvalue weighted by atomic mass is 10.2. The van der Waals surface area contributed by atoms with Crippen molar-refractivity contribution in [2.24, 2.45) is 0 Å². The van der Waals surface area contributed by atoms with Gasteiger partial charge < -0.3 is 4.90 Å². The third kappa shape index (κ3) is 3.21. The zero-order valence-corrected chi connectivity index (χ0v) is 10.6. The van der Waals surface area contributed by atoms with Crippen molar-refractivity contribution in [3.63, 3.8) is 0 Å². The van der Waals surface area contributed by atoms with Crippen molar-refractivity contribution in [1.82, 2.24) is 4.90 Å². The van der Waals surface area contributed by atoms with Crippen LogP contribution in [-0.2, 0) is 0 Å². The van der Waals surface area contributed by atoms with E-state index < -0.39 is 0 Å². The Morgan fingerprint density at radius 3 is 2.33 bits per heavy atom. The van der Waals surface area contributed by atoms with Crippen LogP contribution >= 0.6 is 22.6 Å². The second kappa shape index (κ2) is 4.27. The molecule has 1 aliphatic rings. The van der Waals surface area contributed by atoms with Crippen molar-refractivity contribution < 1.29 is 0 Å². The first-order chi connectivity index (χ1) is 5.57. The maximum absolute atomic E-state index is 2.63. The molecule has 0 unspecified atom stereocenters. The molecule has 1 saturated carbocycles. The van der Waals surface area contributed by atoms with E-state index in [1.165, 1.54) is 32.4 Å². The molecule has 0 heterocycles. The minimum atomic E-state index is 0.695. The van der Waals surface area contributed by atoms with E-state index in [2.05, 4.69) is 48.3 Å². The standard InChI is InChI=1S/C10H20IN/c1-4-12(9(2)3)8-7-10(11)5-6-10/h9H,4-8H2,1-3H3. The van der Waals surface area contributed by atoms with Crippen molar-refractivity contribution >= 4 is 22.6 Å². The molecule has 0 bridgehead atoms. The Labute approximate surface area is 90.0 Å². The van der Waals surface area contributed by atoms with E-state index in [0.717, 1.165) is 0 Å². The van der Waals surface area contributed by atoms with Gasteiger partial charge in [0.15, 0.2) is 0 Å². The molecule has 1 fully saturated rings. The molecule has 0 radical (unpaired) electrons. The van der Waals surface area contributed by atoms with Gasteiger partial charge in [0.2, 0.25) is 0 Å². The molecule has 1 rings (SSSR count). The maximum atomic E-state index is 2.63. The highest BCUT2D eigenvalue weighted by Gasteiger charge is 2.39. The first kappa shape index (κ1) is 10.8. The van der Waals surface area contributed by atoms with E-state index in [4.69, 9.17) is 0 Å². The van der Waals surface area contributed by atoms with Crippen LogP contribution in [0.3, 0.4) is 0 Å². The van der Waals surface area contributed by atoms with Crippen LogP contribution in [0.1, 0.15) is 40.0 Å². The van der Waals surface area contributed by atoms with E-state index in [9.17, 15) is 0 Å². The van der Waals surface area contributed by atoms with Gasteiger partial charge in [0.25, 0.3) is 0 Å². The quantitative estimate of drug-likeness (QED) is 0.553. The average molecular weight is 281 g/mol. The number of nitrogens with zero attached hydrogens (tertiary/aromatic N) is 1. The smallest absolute Gasteiger partial charge is 0.0235 e. The maximum Gasteiger partial charge on any atom is 0.0235 e. The average Bonchev–Trinajstić information content (AvgIpc) is 2.69.